The van der Waals surface area contributed by atoms with Crippen molar-refractivity contribution in [1.82, 2.24) is 15.1 Å². The summed E-state index contributed by atoms with van der Waals surface area (Å²) in [5.41, 5.74) is -0.222. The number of thiazole rings is 1. The number of rotatable bonds is 6. The topological polar surface area (TPSA) is 118 Å². The zero-order chi connectivity index (χ0) is 14.7. The molecule has 0 radical (unpaired) electrons. The van der Waals surface area contributed by atoms with Crippen LogP contribution in [0.4, 0.5) is 5.13 Å². The Kier molecular flexibility index (Phi) is 4.08. The molecule has 0 saturated carbocycles. The predicted octanol–water partition coefficient (Wildman–Crippen LogP) is 1.39. The first-order chi connectivity index (χ1) is 9.47. The fraction of sp³-hybridized carbons (Fsp3) is 0.364. The summed E-state index contributed by atoms with van der Waals surface area (Å²) < 4.78 is 4.83. The molecule has 8 nitrogen and oxygen atoms in total. The molecule has 2 heterocycles. The zero-order valence-corrected chi connectivity index (χ0v) is 11.7. The number of aromatic carboxylic acids is 1. The van der Waals surface area contributed by atoms with Crippen molar-refractivity contribution in [2.45, 2.75) is 20.3 Å². The standard InChI is InChI=1S/C11H12N4O4S/c1-5(16)9-8(10(17)18)14-11(20-9)12-4-3-7-13-6(2)19-15-7/h3-4H2,1-2H3,(H,12,14)(H,17,18). The van der Waals surface area contributed by atoms with Crippen molar-refractivity contribution in [3.05, 3.63) is 22.3 Å². The first-order valence-corrected chi connectivity index (χ1v) is 6.57. The van der Waals surface area contributed by atoms with Gasteiger partial charge in [-0.3, -0.25) is 4.79 Å². The van der Waals surface area contributed by atoms with E-state index in [-0.39, 0.29) is 16.4 Å². The van der Waals surface area contributed by atoms with E-state index in [1.165, 1.54) is 6.92 Å². The molecule has 0 saturated heterocycles. The molecule has 0 aromatic carbocycles. The monoisotopic (exact) mass is 296 g/mol. The maximum Gasteiger partial charge on any atom is 0.356 e. The largest absolute Gasteiger partial charge is 0.476 e. The minimum atomic E-state index is -1.21. The summed E-state index contributed by atoms with van der Waals surface area (Å²) in [6.45, 7) is 3.47. The molecule has 0 aliphatic rings. The summed E-state index contributed by atoms with van der Waals surface area (Å²) in [5.74, 6) is -0.492. The Morgan fingerprint density at radius 3 is 2.65 bits per heavy atom. The molecule has 2 aromatic rings. The van der Waals surface area contributed by atoms with Crippen molar-refractivity contribution in [2.75, 3.05) is 11.9 Å². The second kappa shape index (κ2) is 5.78. The molecule has 2 rings (SSSR count). The quantitative estimate of drug-likeness (QED) is 0.768. The number of aryl methyl sites for hydroxylation is 1. The van der Waals surface area contributed by atoms with E-state index in [0.717, 1.165) is 11.3 Å². The summed E-state index contributed by atoms with van der Waals surface area (Å²) in [6.07, 6.45) is 0.509. The molecule has 20 heavy (non-hydrogen) atoms. The van der Waals surface area contributed by atoms with Gasteiger partial charge in [-0.1, -0.05) is 16.5 Å². The van der Waals surface area contributed by atoms with E-state index >= 15 is 0 Å². The van der Waals surface area contributed by atoms with Gasteiger partial charge in [-0.05, 0) is 0 Å². The number of ketones is 1. The normalized spacial score (nSPS) is 10.5. The number of hydrogen-bond acceptors (Lipinski definition) is 8. The van der Waals surface area contributed by atoms with E-state index in [2.05, 4.69) is 20.4 Å². The van der Waals surface area contributed by atoms with Gasteiger partial charge >= 0.3 is 5.97 Å². The van der Waals surface area contributed by atoms with Crippen molar-refractivity contribution in [3.8, 4) is 0 Å². The summed E-state index contributed by atoms with van der Waals surface area (Å²) >= 11 is 1.02. The molecule has 0 aliphatic carbocycles. The Bertz CT molecular complexity index is 617. The molecular formula is C11H12N4O4S. The number of nitrogens with zero attached hydrogens (tertiary/aromatic N) is 3. The van der Waals surface area contributed by atoms with Crippen LogP contribution < -0.4 is 5.32 Å². The molecule has 9 heteroatoms. The summed E-state index contributed by atoms with van der Waals surface area (Å²) in [4.78, 5) is 30.4. The number of Topliss-reactive ketones (excluding diaryl/α,β-unsaturated/α-hetero) is 1. The second-order valence-electron chi connectivity index (χ2n) is 3.96. The minimum Gasteiger partial charge on any atom is -0.476 e. The Balaban J connectivity index is 2.01. The van der Waals surface area contributed by atoms with Crippen molar-refractivity contribution in [2.24, 2.45) is 0 Å². The average molecular weight is 296 g/mol. The highest BCUT2D eigenvalue weighted by molar-refractivity contribution is 7.17. The highest BCUT2D eigenvalue weighted by atomic mass is 32.1. The van der Waals surface area contributed by atoms with E-state index in [4.69, 9.17) is 9.63 Å². The van der Waals surface area contributed by atoms with Gasteiger partial charge in [0.15, 0.2) is 22.4 Å². The zero-order valence-electron chi connectivity index (χ0n) is 10.8. The number of carbonyl (C=O) groups excluding carboxylic acids is 1. The molecule has 0 fully saturated rings. The highest BCUT2D eigenvalue weighted by Gasteiger charge is 2.20. The first-order valence-electron chi connectivity index (χ1n) is 5.75. The van der Waals surface area contributed by atoms with E-state index in [1.807, 2.05) is 0 Å². The van der Waals surface area contributed by atoms with Crippen LogP contribution in [0.1, 0.15) is 38.8 Å². The van der Waals surface area contributed by atoms with Crippen LogP contribution in [0.5, 0.6) is 0 Å². The van der Waals surface area contributed by atoms with Crippen molar-refractivity contribution < 1.29 is 19.2 Å². The number of carboxylic acids is 1. The molecule has 0 aliphatic heterocycles. The third-order valence-electron chi connectivity index (χ3n) is 2.34. The summed E-state index contributed by atoms with van der Waals surface area (Å²) in [7, 11) is 0. The predicted molar refractivity (Wildman–Crippen MR) is 70.3 cm³/mol. The minimum absolute atomic E-state index is 0.135. The van der Waals surface area contributed by atoms with Crippen LogP contribution in [0.3, 0.4) is 0 Å². The summed E-state index contributed by atoms with van der Waals surface area (Å²) in [5, 5.41) is 16.0. The van der Waals surface area contributed by atoms with Crippen LogP contribution in [-0.4, -0.2) is 38.5 Å². The van der Waals surface area contributed by atoms with Crippen molar-refractivity contribution >= 4 is 28.2 Å². The van der Waals surface area contributed by atoms with E-state index in [9.17, 15) is 9.59 Å². The fourth-order valence-corrected chi connectivity index (χ4v) is 2.38. The lowest BCUT2D eigenvalue weighted by Gasteiger charge is -1.98. The molecule has 0 bridgehead atoms. The number of anilines is 1. The number of carbonyl (C=O) groups is 2. The molecule has 0 amide bonds. The Hall–Kier alpha value is -2.29. The molecule has 2 N–H and O–H groups in total. The van der Waals surface area contributed by atoms with Gasteiger partial charge in [0, 0.05) is 26.8 Å². The van der Waals surface area contributed by atoms with E-state index in [1.54, 1.807) is 6.92 Å². The molecule has 0 spiro atoms. The number of nitrogens with one attached hydrogen (secondary N) is 1. The van der Waals surface area contributed by atoms with Crippen LogP contribution in [0.15, 0.2) is 4.52 Å². The Morgan fingerprint density at radius 2 is 2.15 bits per heavy atom. The van der Waals surface area contributed by atoms with Gasteiger partial charge < -0.3 is 14.9 Å². The van der Waals surface area contributed by atoms with Crippen LogP contribution in [0, 0.1) is 6.92 Å². The molecule has 106 valence electrons. The van der Waals surface area contributed by atoms with E-state index < -0.39 is 5.97 Å². The van der Waals surface area contributed by atoms with Gasteiger partial charge in [-0.2, -0.15) is 4.98 Å². The van der Waals surface area contributed by atoms with Crippen molar-refractivity contribution in [3.63, 3.8) is 0 Å². The molecule has 2 aromatic heterocycles. The maximum atomic E-state index is 11.3. The van der Waals surface area contributed by atoms with Crippen LogP contribution in [-0.2, 0) is 6.42 Å². The molecule has 0 atom stereocenters. The first kappa shape index (κ1) is 14.1. The van der Waals surface area contributed by atoms with Gasteiger partial charge in [-0.25, -0.2) is 9.78 Å². The molecule has 0 unspecified atom stereocenters. The van der Waals surface area contributed by atoms with Gasteiger partial charge in [-0.15, -0.1) is 0 Å². The van der Waals surface area contributed by atoms with Crippen LogP contribution in [0.25, 0.3) is 0 Å². The Morgan fingerprint density at radius 1 is 1.40 bits per heavy atom. The number of carboxylic acid groups (broad SMARTS) is 1. The van der Waals surface area contributed by atoms with Gasteiger partial charge in [0.1, 0.15) is 4.88 Å². The van der Waals surface area contributed by atoms with Crippen LogP contribution >= 0.6 is 11.3 Å². The van der Waals surface area contributed by atoms with E-state index in [0.29, 0.717) is 29.8 Å². The number of hydrogen-bond donors (Lipinski definition) is 2. The lowest BCUT2D eigenvalue weighted by Crippen LogP contribution is -2.07. The average Bonchev–Trinajstić information content (AvgIpc) is 2.96. The second-order valence-corrected chi connectivity index (χ2v) is 4.96. The van der Waals surface area contributed by atoms with Gasteiger partial charge in [0.2, 0.25) is 5.89 Å². The number of aromatic nitrogens is 3. The lowest BCUT2D eigenvalue weighted by atomic mass is 10.3. The third-order valence-corrected chi connectivity index (χ3v) is 3.46. The Labute approximate surface area is 117 Å². The van der Waals surface area contributed by atoms with Crippen LogP contribution in [0.2, 0.25) is 0 Å². The summed E-state index contributed by atoms with van der Waals surface area (Å²) in [6, 6.07) is 0. The van der Waals surface area contributed by atoms with Gasteiger partial charge in [0.05, 0.1) is 0 Å². The third kappa shape index (κ3) is 3.18. The SMILES string of the molecule is CC(=O)c1sc(NCCc2noc(C)n2)nc1C(=O)O. The van der Waals surface area contributed by atoms with Crippen molar-refractivity contribution in [1.29, 1.82) is 0 Å². The fourth-order valence-electron chi connectivity index (χ4n) is 1.50. The highest BCUT2D eigenvalue weighted by Crippen LogP contribution is 2.23. The van der Waals surface area contributed by atoms with Gasteiger partial charge in [0.25, 0.3) is 0 Å². The lowest BCUT2D eigenvalue weighted by molar-refractivity contribution is 0.0687. The molecular weight excluding hydrogens is 284 g/mol. The maximum absolute atomic E-state index is 11.3. The smallest absolute Gasteiger partial charge is 0.356 e.